The third-order valence-electron chi connectivity index (χ3n) is 4.41. The third-order valence-corrected chi connectivity index (χ3v) is 4.41. The standard InChI is InChI=1S/C25H28N2O4/c1-3-5-8-16-31-25(29)19-11-13-22(14-12-19)27-24(28)21(18-26)17-20-9-6-7-10-23(20)30-15-4-2/h6-7,9-14,17H,3-5,8,15-16H2,1-2H3,(H,27,28)/b21-17+. The number of para-hydroxylation sites is 1. The van der Waals surface area contributed by atoms with E-state index in [0.717, 1.165) is 25.7 Å². The molecule has 6 heteroatoms. The Balaban J connectivity index is 2.04. The number of rotatable bonds is 11. The topological polar surface area (TPSA) is 88.4 Å². The van der Waals surface area contributed by atoms with Crippen LogP contribution in [-0.4, -0.2) is 25.1 Å². The summed E-state index contributed by atoms with van der Waals surface area (Å²) in [5.74, 6) is -0.315. The van der Waals surface area contributed by atoms with Crippen molar-refractivity contribution >= 4 is 23.6 Å². The van der Waals surface area contributed by atoms with Crippen LogP contribution >= 0.6 is 0 Å². The van der Waals surface area contributed by atoms with Gasteiger partial charge in [0.05, 0.1) is 18.8 Å². The molecule has 6 nitrogen and oxygen atoms in total. The number of anilines is 1. The minimum Gasteiger partial charge on any atom is -0.493 e. The molecule has 2 aromatic rings. The van der Waals surface area contributed by atoms with E-state index in [2.05, 4.69) is 12.2 Å². The highest BCUT2D eigenvalue weighted by Crippen LogP contribution is 2.22. The molecule has 0 unspecified atom stereocenters. The zero-order chi connectivity index (χ0) is 22.5. The Morgan fingerprint density at radius 3 is 2.42 bits per heavy atom. The van der Waals surface area contributed by atoms with E-state index in [9.17, 15) is 14.9 Å². The molecule has 0 fully saturated rings. The molecule has 0 spiro atoms. The fourth-order valence-electron chi connectivity index (χ4n) is 2.74. The molecule has 0 aliphatic heterocycles. The van der Waals surface area contributed by atoms with Crippen LogP contribution < -0.4 is 10.1 Å². The Kier molecular flexibility index (Phi) is 9.83. The second-order valence-corrected chi connectivity index (χ2v) is 6.93. The molecule has 0 atom stereocenters. The third kappa shape index (κ3) is 7.63. The molecule has 0 radical (unpaired) electrons. The normalized spacial score (nSPS) is 10.8. The summed E-state index contributed by atoms with van der Waals surface area (Å²) in [6.45, 7) is 5.03. The summed E-state index contributed by atoms with van der Waals surface area (Å²) < 4.78 is 10.9. The first-order valence-electron chi connectivity index (χ1n) is 10.5. The summed E-state index contributed by atoms with van der Waals surface area (Å²) >= 11 is 0. The number of hydrogen-bond donors (Lipinski definition) is 1. The lowest BCUT2D eigenvalue weighted by molar-refractivity contribution is -0.112. The van der Waals surface area contributed by atoms with E-state index in [1.807, 2.05) is 25.1 Å². The molecular weight excluding hydrogens is 392 g/mol. The SMILES string of the molecule is CCCCCOC(=O)c1ccc(NC(=O)/C(C#N)=C/c2ccccc2OCCC)cc1. The number of carbonyl (C=O) groups is 2. The highest BCUT2D eigenvalue weighted by molar-refractivity contribution is 6.10. The van der Waals surface area contributed by atoms with Gasteiger partial charge in [-0.1, -0.05) is 44.9 Å². The van der Waals surface area contributed by atoms with Crippen LogP contribution in [-0.2, 0) is 9.53 Å². The van der Waals surface area contributed by atoms with Gasteiger partial charge in [0.2, 0.25) is 0 Å². The van der Waals surface area contributed by atoms with Crippen LogP contribution in [0.5, 0.6) is 5.75 Å². The molecule has 0 heterocycles. The number of carbonyl (C=O) groups excluding carboxylic acids is 2. The van der Waals surface area contributed by atoms with Gasteiger partial charge in [0.25, 0.3) is 5.91 Å². The van der Waals surface area contributed by atoms with Crippen molar-refractivity contribution in [2.45, 2.75) is 39.5 Å². The number of nitrogens with one attached hydrogen (secondary N) is 1. The lowest BCUT2D eigenvalue weighted by Crippen LogP contribution is -2.14. The van der Waals surface area contributed by atoms with Crippen LogP contribution in [0.25, 0.3) is 6.08 Å². The molecule has 0 saturated heterocycles. The fourth-order valence-corrected chi connectivity index (χ4v) is 2.74. The average molecular weight is 421 g/mol. The molecule has 1 N–H and O–H groups in total. The van der Waals surface area contributed by atoms with Crippen molar-refractivity contribution in [3.8, 4) is 11.8 Å². The zero-order valence-electron chi connectivity index (χ0n) is 18.0. The highest BCUT2D eigenvalue weighted by Gasteiger charge is 2.12. The van der Waals surface area contributed by atoms with Crippen LogP contribution in [0.4, 0.5) is 5.69 Å². The average Bonchev–Trinajstić information content (AvgIpc) is 2.79. The molecule has 162 valence electrons. The number of nitrogens with zero attached hydrogens (tertiary/aromatic N) is 1. The summed E-state index contributed by atoms with van der Waals surface area (Å²) in [5.41, 5.74) is 1.49. The Morgan fingerprint density at radius 2 is 1.74 bits per heavy atom. The summed E-state index contributed by atoms with van der Waals surface area (Å²) in [4.78, 5) is 24.6. The summed E-state index contributed by atoms with van der Waals surface area (Å²) in [6, 6.07) is 15.6. The van der Waals surface area contributed by atoms with Crippen LogP contribution in [0, 0.1) is 11.3 Å². The van der Waals surface area contributed by atoms with Crippen LogP contribution in [0.1, 0.15) is 55.5 Å². The Labute approximate surface area is 183 Å². The summed E-state index contributed by atoms with van der Waals surface area (Å²) in [6.07, 6.45) is 5.27. The molecular formula is C25H28N2O4. The lowest BCUT2D eigenvalue weighted by Gasteiger charge is -2.09. The summed E-state index contributed by atoms with van der Waals surface area (Å²) in [5, 5.41) is 12.1. The molecule has 2 rings (SSSR count). The van der Waals surface area contributed by atoms with Gasteiger partial charge in [-0.05, 0) is 49.2 Å². The number of nitriles is 1. The van der Waals surface area contributed by atoms with Gasteiger partial charge in [-0.3, -0.25) is 4.79 Å². The van der Waals surface area contributed by atoms with E-state index in [4.69, 9.17) is 9.47 Å². The number of benzene rings is 2. The van der Waals surface area contributed by atoms with E-state index in [1.54, 1.807) is 36.4 Å². The van der Waals surface area contributed by atoms with Crippen LogP contribution in [0.3, 0.4) is 0 Å². The Hall–Kier alpha value is -3.59. The van der Waals surface area contributed by atoms with Crippen molar-refractivity contribution in [3.63, 3.8) is 0 Å². The first-order chi connectivity index (χ1) is 15.1. The van der Waals surface area contributed by atoms with E-state index in [1.165, 1.54) is 6.08 Å². The predicted molar refractivity (Wildman–Crippen MR) is 121 cm³/mol. The largest absolute Gasteiger partial charge is 0.493 e. The van der Waals surface area contributed by atoms with Gasteiger partial charge >= 0.3 is 5.97 Å². The van der Waals surface area contributed by atoms with Crippen molar-refractivity contribution in [1.29, 1.82) is 5.26 Å². The van der Waals surface area contributed by atoms with Gasteiger partial charge in [-0.25, -0.2) is 4.79 Å². The number of esters is 1. The van der Waals surface area contributed by atoms with E-state index in [0.29, 0.717) is 35.8 Å². The maximum absolute atomic E-state index is 12.6. The second kappa shape index (κ2) is 12.9. The number of unbranched alkanes of at least 4 members (excludes halogenated alkanes) is 2. The maximum Gasteiger partial charge on any atom is 0.338 e. The first-order valence-corrected chi connectivity index (χ1v) is 10.5. The van der Waals surface area contributed by atoms with Gasteiger partial charge in [0, 0.05) is 11.3 Å². The van der Waals surface area contributed by atoms with Crippen LogP contribution in [0.2, 0.25) is 0 Å². The molecule has 0 bridgehead atoms. The van der Waals surface area contributed by atoms with Crippen molar-refractivity contribution in [2.75, 3.05) is 18.5 Å². The van der Waals surface area contributed by atoms with Gasteiger partial charge < -0.3 is 14.8 Å². The molecule has 0 aliphatic rings. The van der Waals surface area contributed by atoms with E-state index < -0.39 is 11.9 Å². The van der Waals surface area contributed by atoms with Crippen molar-refractivity contribution in [3.05, 3.63) is 65.2 Å². The molecule has 0 aromatic heterocycles. The van der Waals surface area contributed by atoms with Crippen molar-refractivity contribution in [1.82, 2.24) is 0 Å². The summed E-state index contributed by atoms with van der Waals surface area (Å²) in [7, 11) is 0. The maximum atomic E-state index is 12.6. The minimum absolute atomic E-state index is 0.0491. The Morgan fingerprint density at radius 1 is 1.00 bits per heavy atom. The van der Waals surface area contributed by atoms with E-state index >= 15 is 0 Å². The molecule has 0 saturated carbocycles. The molecule has 1 amide bonds. The van der Waals surface area contributed by atoms with Gasteiger partial charge in [0.1, 0.15) is 17.4 Å². The molecule has 2 aromatic carbocycles. The minimum atomic E-state index is -0.539. The fraction of sp³-hybridized carbons (Fsp3) is 0.320. The van der Waals surface area contributed by atoms with E-state index in [-0.39, 0.29) is 5.57 Å². The quantitative estimate of drug-likeness (QED) is 0.229. The smallest absolute Gasteiger partial charge is 0.338 e. The first kappa shape index (κ1) is 23.7. The molecule has 31 heavy (non-hydrogen) atoms. The van der Waals surface area contributed by atoms with Crippen LogP contribution in [0.15, 0.2) is 54.1 Å². The number of amides is 1. The van der Waals surface area contributed by atoms with Gasteiger partial charge in [0.15, 0.2) is 0 Å². The monoisotopic (exact) mass is 420 g/mol. The van der Waals surface area contributed by atoms with Crippen molar-refractivity contribution < 1.29 is 19.1 Å². The Bertz CT molecular complexity index is 943. The second-order valence-electron chi connectivity index (χ2n) is 6.93. The van der Waals surface area contributed by atoms with Crippen molar-refractivity contribution in [2.24, 2.45) is 0 Å². The highest BCUT2D eigenvalue weighted by atomic mass is 16.5. The number of hydrogen-bond acceptors (Lipinski definition) is 5. The lowest BCUT2D eigenvalue weighted by atomic mass is 10.1. The number of ether oxygens (including phenoxy) is 2. The van der Waals surface area contributed by atoms with Gasteiger partial charge in [-0.2, -0.15) is 5.26 Å². The predicted octanol–water partition coefficient (Wildman–Crippen LogP) is 5.37. The zero-order valence-corrected chi connectivity index (χ0v) is 18.0. The van der Waals surface area contributed by atoms with Gasteiger partial charge in [-0.15, -0.1) is 0 Å². The molecule has 0 aliphatic carbocycles.